The molecule has 2 aliphatic rings. The molecule has 0 saturated heterocycles. The minimum Gasteiger partial charge on any atom is -0.312 e. The lowest BCUT2D eigenvalue weighted by molar-refractivity contribution is 0.132. The quantitative estimate of drug-likeness (QED) is 0.753. The lowest BCUT2D eigenvalue weighted by Gasteiger charge is -2.38. The van der Waals surface area contributed by atoms with Crippen LogP contribution in [-0.2, 0) is 0 Å². The van der Waals surface area contributed by atoms with Gasteiger partial charge in [0.25, 0.3) is 0 Å². The Morgan fingerprint density at radius 2 is 1.61 bits per heavy atom. The van der Waals surface area contributed by atoms with Gasteiger partial charge in [0.1, 0.15) is 0 Å². The van der Waals surface area contributed by atoms with Crippen LogP contribution in [0.15, 0.2) is 0 Å². The first-order valence-electron chi connectivity index (χ1n) is 8.28. The van der Waals surface area contributed by atoms with Crippen LogP contribution in [0.3, 0.4) is 0 Å². The third-order valence-corrected chi connectivity index (χ3v) is 5.06. The first kappa shape index (κ1) is 14.3. The van der Waals surface area contributed by atoms with Gasteiger partial charge in [-0.2, -0.15) is 0 Å². The predicted octanol–water partition coefficient (Wildman–Crippen LogP) is 3.56. The molecule has 0 heterocycles. The summed E-state index contributed by atoms with van der Waals surface area (Å²) in [5, 5.41) is 3.82. The van der Waals surface area contributed by atoms with Crippen molar-refractivity contribution in [3.63, 3.8) is 0 Å². The van der Waals surface area contributed by atoms with E-state index in [2.05, 4.69) is 24.2 Å². The first-order chi connectivity index (χ1) is 8.83. The Morgan fingerprint density at radius 3 is 2.33 bits per heavy atom. The molecule has 0 radical (unpaired) electrons. The van der Waals surface area contributed by atoms with E-state index in [1.54, 1.807) is 0 Å². The Kier molecular flexibility index (Phi) is 5.97. The first-order valence-corrected chi connectivity index (χ1v) is 8.28. The zero-order chi connectivity index (χ0) is 12.8. The highest BCUT2D eigenvalue weighted by Gasteiger charge is 2.31. The van der Waals surface area contributed by atoms with Crippen molar-refractivity contribution in [2.75, 3.05) is 13.6 Å². The van der Waals surface area contributed by atoms with Gasteiger partial charge in [-0.3, -0.25) is 4.90 Å². The maximum absolute atomic E-state index is 3.82. The number of nitrogens with one attached hydrogen (secondary N) is 1. The number of nitrogens with zero attached hydrogens (tertiary/aromatic N) is 1. The monoisotopic (exact) mass is 252 g/mol. The van der Waals surface area contributed by atoms with Gasteiger partial charge in [0.05, 0.1) is 0 Å². The molecule has 2 nitrogen and oxygen atoms in total. The molecule has 0 aromatic heterocycles. The Balaban J connectivity index is 1.94. The molecule has 1 N–H and O–H groups in total. The van der Waals surface area contributed by atoms with Gasteiger partial charge in [-0.05, 0) is 45.7 Å². The molecule has 18 heavy (non-hydrogen) atoms. The van der Waals surface area contributed by atoms with E-state index >= 15 is 0 Å². The number of likely N-dealkylation sites (N-methyl/N-ethyl adjacent to an activating group) is 1. The van der Waals surface area contributed by atoms with Crippen molar-refractivity contribution in [1.29, 1.82) is 0 Å². The molecule has 0 aliphatic heterocycles. The molecule has 2 unspecified atom stereocenters. The zero-order valence-corrected chi connectivity index (χ0v) is 12.5. The van der Waals surface area contributed by atoms with Gasteiger partial charge in [-0.25, -0.2) is 0 Å². The van der Waals surface area contributed by atoms with Crippen molar-refractivity contribution in [2.24, 2.45) is 0 Å². The lowest BCUT2D eigenvalue weighted by Crippen LogP contribution is -2.51. The summed E-state index contributed by atoms with van der Waals surface area (Å²) in [6, 6.07) is 2.42. The van der Waals surface area contributed by atoms with Crippen LogP contribution in [0.4, 0.5) is 0 Å². The molecule has 2 rings (SSSR count). The fraction of sp³-hybridized carbons (Fsp3) is 1.00. The average molecular weight is 252 g/mol. The Bertz CT molecular complexity index is 223. The molecule has 2 aliphatic carbocycles. The summed E-state index contributed by atoms with van der Waals surface area (Å²) in [6.07, 6.45) is 14.2. The molecule has 0 amide bonds. The summed E-state index contributed by atoms with van der Waals surface area (Å²) < 4.78 is 0. The van der Waals surface area contributed by atoms with E-state index in [4.69, 9.17) is 0 Å². The smallest absolute Gasteiger partial charge is 0.0249 e. The van der Waals surface area contributed by atoms with Crippen LogP contribution in [-0.4, -0.2) is 36.6 Å². The molecule has 0 bridgehead atoms. The normalized spacial score (nSPS) is 30.8. The number of hydrogen-bond acceptors (Lipinski definition) is 2. The minimum atomic E-state index is 0.748. The van der Waals surface area contributed by atoms with Gasteiger partial charge in [0, 0.05) is 18.1 Å². The SMILES string of the molecule is CCCNC1CCCCCC1N(C)C1CCCC1. The van der Waals surface area contributed by atoms with Crippen LogP contribution in [0.25, 0.3) is 0 Å². The molecule has 2 fully saturated rings. The molecule has 2 heteroatoms. The van der Waals surface area contributed by atoms with Gasteiger partial charge >= 0.3 is 0 Å². The van der Waals surface area contributed by atoms with E-state index in [9.17, 15) is 0 Å². The average Bonchev–Trinajstić information content (AvgIpc) is 2.82. The largest absolute Gasteiger partial charge is 0.312 e. The van der Waals surface area contributed by atoms with Crippen molar-refractivity contribution in [1.82, 2.24) is 10.2 Å². The summed E-state index contributed by atoms with van der Waals surface area (Å²) in [5.74, 6) is 0. The molecule has 0 aromatic rings. The molecular formula is C16H32N2. The van der Waals surface area contributed by atoms with Crippen LogP contribution in [0, 0.1) is 0 Å². The summed E-state index contributed by atoms with van der Waals surface area (Å²) in [5.41, 5.74) is 0. The molecule has 0 aromatic carbocycles. The van der Waals surface area contributed by atoms with Crippen molar-refractivity contribution >= 4 is 0 Å². The van der Waals surface area contributed by atoms with E-state index in [0.29, 0.717) is 0 Å². The molecule has 2 atom stereocenters. The third kappa shape index (κ3) is 3.71. The van der Waals surface area contributed by atoms with Crippen LogP contribution < -0.4 is 5.32 Å². The van der Waals surface area contributed by atoms with Gasteiger partial charge in [0.2, 0.25) is 0 Å². The van der Waals surface area contributed by atoms with E-state index in [0.717, 1.165) is 18.1 Å². The van der Waals surface area contributed by atoms with Crippen LogP contribution in [0.1, 0.15) is 71.1 Å². The minimum absolute atomic E-state index is 0.748. The highest BCUT2D eigenvalue weighted by molar-refractivity contribution is 4.89. The van der Waals surface area contributed by atoms with Crippen molar-refractivity contribution in [2.45, 2.75) is 89.3 Å². The van der Waals surface area contributed by atoms with Gasteiger partial charge in [-0.1, -0.05) is 39.0 Å². The fourth-order valence-electron chi connectivity index (χ4n) is 3.93. The van der Waals surface area contributed by atoms with Crippen LogP contribution in [0.2, 0.25) is 0 Å². The molecule has 2 saturated carbocycles. The Hall–Kier alpha value is -0.0800. The maximum Gasteiger partial charge on any atom is 0.0249 e. The number of rotatable bonds is 5. The van der Waals surface area contributed by atoms with Gasteiger partial charge in [0.15, 0.2) is 0 Å². The fourth-order valence-corrected chi connectivity index (χ4v) is 3.93. The summed E-state index contributed by atoms with van der Waals surface area (Å²) >= 11 is 0. The van der Waals surface area contributed by atoms with Crippen molar-refractivity contribution in [3.8, 4) is 0 Å². The van der Waals surface area contributed by atoms with Crippen molar-refractivity contribution in [3.05, 3.63) is 0 Å². The van der Waals surface area contributed by atoms with E-state index in [1.807, 2.05) is 0 Å². The van der Waals surface area contributed by atoms with E-state index in [1.165, 1.54) is 70.8 Å². The number of hydrogen-bond donors (Lipinski definition) is 1. The standard InChI is InChI=1S/C16H32N2/c1-3-13-17-15-11-5-4-6-12-16(15)18(2)14-9-7-8-10-14/h14-17H,3-13H2,1-2H3. The van der Waals surface area contributed by atoms with Gasteiger partial charge < -0.3 is 5.32 Å². The second-order valence-corrected chi connectivity index (χ2v) is 6.37. The van der Waals surface area contributed by atoms with Crippen LogP contribution >= 0.6 is 0 Å². The van der Waals surface area contributed by atoms with Crippen LogP contribution in [0.5, 0.6) is 0 Å². The van der Waals surface area contributed by atoms with Gasteiger partial charge in [-0.15, -0.1) is 0 Å². The summed E-state index contributed by atoms with van der Waals surface area (Å²) in [6.45, 7) is 3.47. The summed E-state index contributed by atoms with van der Waals surface area (Å²) in [4.78, 5) is 2.74. The third-order valence-electron chi connectivity index (χ3n) is 5.06. The maximum atomic E-state index is 3.82. The van der Waals surface area contributed by atoms with E-state index in [-0.39, 0.29) is 0 Å². The lowest BCUT2D eigenvalue weighted by atomic mass is 9.99. The molecular weight excluding hydrogens is 220 g/mol. The topological polar surface area (TPSA) is 15.3 Å². The molecule has 0 spiro atoms. The zero-order valence-electron chi connectivity index (χ0n) is 12.5. The van der Waals surface area contributed by atoms with Crippen molar-refractivity contribution < 1.29 is 0 Å². The second-order valence-electron chi connectivity index (χ2n) is 6.37. The summed E-state index contributed by atoms with van der Waals surface area (Å²) in [7, 11) is 2.40. The van der Waals surface area contributed by atoms with E-state index < -0.39 is 0 Å². The predicted molar refractivity (Wildman–Crippen MR) is 79.0 cm³/mol. The highest BCUT2D eigenvalue weighted by atomic mass is 15.2. The Labute approximate surface area is 114 Å². The molecule has 106 valence electrons. The Morgan fingerprint density at radius 1 is 0.944 bits per heavy atom. The second kappa shape index (κ2) is 7.49. The highest BCUT2D eigenvalue weighted by Crippen LogP contribution is 2.29.